The molecular weight excluding hydrogens is 232 g/mol. The molecule has 3 rings (SSSR count). The molecule has 0 aliphatic carbocycles. The van der Waals surface area contributed by atoms with E-state index in [9.17, 15) is 0 Å². The van der Waals surface area contributed by atoms with Gasteiger partial charge >= 0.3 is 0 Å². The predicted molar refractivity (Wildman–Crippen MR) is 69.2 cm³/mol. The SMILES string of the molecule is Cc1ccc([C@H]2O[C@@H]2c2ccc(Cl)cc2)cc1. The van der Waals surface area contributed by atoms with Crippen molar-refractivity contribution in [3.63, 3.8) is 0 Å². The topological polar surface area (TPSA) is 12.5 Å². The van der Waals surface area contributed by atoms with E-state index >= 15 is 0 Å². The van der Waals surface area contributed by atoms with Crippen molar-refractivity contribution in [1.29, 1.82) is 0 Å². The summed E-state index contributed by atoms with van der Waals surface area (Å²) in [7, 11) is 0. The molecule has 0 amide bonds. The molecule has 2 aromatic rings. The number of aryl methyl sites for hydroxylation is 1. The lowest BCUT2D eigenvalue weighted by molar-refractivity contribution is 0.377. The van der Waals surface area contributed by atoms with E-state index < -0.39 is 0 Å². The molecule has 0 N–H and O–H groups in total. The number of rotatable bonds is 2. The molecule has 1 aliphatic rings. The summed E-state index contributed by atoms with van der Waals surface area (Å²) in [5.74, 6) is 0. The molecule has 0 aromatic heterocycles. The third-order valence-electron chi connectivity index (χ3n) is 3.10. The van der Waals surface area contributed by atoms with Crippen LogP contribution in [0.2, 0.25) is 5.02 Å². The van der Waals surface area contributed by atoms with Crippen molar-refractivity contribution in [2.24, 2.45) is 0 Å². The van der Waals surface area contributed by atoms with Crippen LogP contribution in [-0.4, -0.2) is 0 Å². The molecule has 17 heavy (non-hydrogen) atoms. The molecule has 0 bridgehead atoms. The molecule has 0 radical (unpaired) electrons. The zero-order valence-electron chi connectivity index (χ0n) is 9.56. The number of hydrogen-bond acceptors (Lipinski definition) is 1. The maximum absolute atomic E-state index is 5.87. The average molecular weight is 245 g/mol. The Bertz CT molecular complexity index is 466. The zero-order valence-corrected chi connectivity index (χ0v) is 10.3. The lowest BCUT2D eigenvalue weighted by Crippen LogP contribution is -1.84. The number of hydrogen-bond donors (Lipinski definition) is 0. The van der Waals surface area contributed by atoms with Crippen LogP contribution in [0.3, 0.4) is 0 Å². The van der Waals surface area contributed by atoms with Crippen molar-refractivity contribution in [2.45, 2.75) is 19.1 Å². The number of halogens is 1. The van der Waals surface area contributed by atoms with Crippen LogP contribution in [0.25, 0.3) is 0 Å². The summed E-state index contributed by atoms with van der Waals surface area (Å²) in [4.78, 5) is 0. The minimum absolute atomic E-state index is 0.190. The van der Waals surface area contributed by atoms with Crippen molar-refractivity contribution in [2.75, 3.05) is 0 Å². The van der Waals surface area contributed by atoms with Gasteiger partial charge in [0.2, 0.25) is 0 Å². The van der Waals surface area contributed by atoms with E-state index in [2.05, 4.69) is 31.2 Å². The minimum atomic E-state index is 0.190. The minimum Gasteiger partial charge on any atom is -0.359 e. The first-order chi connectivity index (χ1) is 8.24. The first-order valence-corrected chi connectivity index (χ1v) is 6.09. The van der Waals surface area contributed by atoms with Gasteiger partial charge in [-0.25, -0.2) is 0 Å². The Morgan fingerprint density at radius 3 is 1.82 bits per heavy atom. The molecule has 2 heteroatoms. The Hall–Kier alpha value is -1.31. The largest absolute Gasteiger partial charge is 0.359 e. The van der Waals surface area contributed by atoms with Gasteiger partial charge in [0, 0.05) is 5.02 Å². The fourth-order valence-electron chi connectivity index (χ4n) is 2.03. The van der Waals surface area contributed by atoms with Crippen LogP contribution in [-0.2, 0) is 4.74 Å². The van der Waals surface area contributed by atoms with Crippen molar-refractivity contribution >= 4 is 11.6 Å². The fourth-order valence-corrected chi connectivity index (χ4v) is 2.15. The molecular formula is C15H13ClO. The van der Waals surface area contributed by atoms with E-state index in [1.165, 1.54) is 16.7 Å². The van der Waals surface area contributed by atoms with Crippen LogP contribution in [0.5, 0.6) is 0 Å². The molecule has 0 spiro atoms. The lowest BCUT2D eigenvalue weighted by Gasteiger charge is -1.98. The smallest absolute Gasteiger partial charge is 0.114 e. The highest BCUT2D eigenvalue weighted by molar-refractivity contribution is 6.30. The van der Waals surface area contributed by atoms with Gasteiger partial charge in [0.15, 0.2) is 0 Å². The molecule has 0 unspecified atom stereocenters. The van der Waals surface area contributed by atoms with Gasteiger partial charge in [-0.15, -0.1) is 0 Å². The van der Waals surface area contributed by atoms with Gasteiger partial charge < -0.3 is 4.74 Å². The molecule has 1 nitrogen and oxygen atoms in total. The van der Waals surface area contributed by atoms with Crippen molar-refractivity contribution in [3.8, 4) is 0 Å². The normalized spacial score (nSPS) is 22.5. The maximum Gasteiger partial charge on any atom is 0.114 e. The van der Waals surface area contributed by atoms with Gasteiger partial charge in [-0.1, -0.05) is 53.6 Å². The zero-order chi connectivity index (χ0) is 11.8. The van der Waals surface area contributed by atoms with Gasteiger partial charge in [0.05, 0.1) is 0 Å². The maximum atomic E-state index is 5.87. The van der Waals surface area contributed by atoms with Gasteiger partial charge in [-0.2, -0.15) is 0 Å². The number of ether oxygens (including phenoxy) is 1. The average Bonchev–Trinajstić information content (AvgIpc) is 3.11. The van der Waals surface area contributed by atoms with Crippen LogP contribution >= 0.6 is 11.6 Å². The van der Waals surface area contributed by atoms with Gasteiger partial charge in [0.1, 0.15) is 12.2 Å². The molecule has 1 aliphatic heterocycles. The van der Waals surface area contributed by atoms with E-state index in [4.69, 9.17) is 16.3 Å². The van der Waals surface area contributed by atoms with E-state index in [-0.39, 0.29) is 12.2 Å². The highest BCUT2D eigenvalue weighted by Gasteiger charge is 2.41. The van der Waals surface area contributed by atoms with Crippen molar-refractivity contribution < 1.29 is 4.74 Å². The fraction of sp³-hybridized carbons (Fsp3) is 0.200. The van der Waals surface area contributed by atoms with Crippen LogP contribution in [0, 0.1) is 6.92 Å². The van der Waals surface area contributed by atoms with Gasteiger partial charge in [0.25, 0.3) is 0 Å². The second-order valence-corrected chi connectivity index (χ2v) is 4.88. The summed E-state index contributed by atoms with van der Waals surface area (Å²) in [6, 6.07) is 16.4. The van der Waals surface area contributed by atoms with E-state index in [1.807, 2.05) is 24.3 Å². The molecule has 1 fully saturated rings. The second kappa shape index (κ2) is 4.17. The molecule has 1 heterocycles. The third kappa shape index (κ3) is 2.21. The molecule has 0 saturated carbocycles. The van der Waals surface area contributed by atoms with Crippen LogP contribution in [0.15, 0.2) is 48.5 Å². The summed E-state index contributed by atoms with van der Waals surface area (Å²) >= 11 is 5.87. The monoisotopic (exact) mass is 244 g/mol. The highest BCUT2D eigenvalue weighted by Crippen LogP contribution is 2.50. The summed E-state index contributed by atoms with van der Waals surface area (Å²) < 4.78 is 5.73. The molecule has 1 saturated heterocycles. The van der Waals surface area contributed by atoms with E-state index in [0.29, 0.717) is 0 Å². The predicted octanol–water partition coefficient (Wildman–Crippen LogP) is 4.46. The van der Waals surface area contributed by atoms with Crippen LogP contribution < -0.4 is 0 Å². The summed E-state index contributed by atoms with van der Waals surface area (Å²) in [6.45, 7) is 2.09. The molecule has 86 valence electrons. The third-order valence-corrected chi connectivity index (χ3v) is 3.35. The first kappa shape index (κ1) is 10.8. The van der Waals surface area contributed by atoms with Crippen molar-refractivity contribution in [3.05, 3.63) is 70.2 Å². The lowest BCUT2D eigenvalue weighted by atomic mass is 10.0. The number of epoxide rings is 1. The molecule has 2 atom stereocenters. The Balaban J connectivity index is 1.78. The Labute approximate surface area is 106 Å². The Morgan fingerprint density at radius 2 is 1.29 bits per heavy atom. The first-order valence-electron chi connectivity index (χ1n) is 5.71. The Kier molecular flexibility index (Phi) is 2.65. The quantitative estimate of drug-likeness (QED) is 0.711. The highest BCUT2D eigenvalue weighted by atomic mass is 35.5. The number of benzene rings is 2. The summed E-state index contributed by atoms with van der Waals surface area (Å²) in [5, 5.41) is 0.765. The van der Waals surface area contributed by atoms with Crippen LogP contribution in [0.1, 0.15) is 28.9 Å². The standard InChI is InChI=1S/C15H13ClO/c1-10-2-4-11(5-3-10)14-15(17-14)12-6-8-13(16)9-7-12/h2-9,14-15H,1H3/t14-,15-/m1/s1. The van der Waals surface area contributed by atoms with Crippen molar-refractivity contribution in [1.82, 2.24) is 0 Å². The molecule has 2 aromatic carbocycles. The second-order valence-electron chi connectivity index (χ2n) is 4.44. The van der Waals surface area contributed by atoms with Gasteiger partial charge in [-0.3, -0.25) is 0 Å². The van der Waals surface area contributed by atoms with Gasteiger partial charge in [-0.05, 0) is 30.2 Å². The van der Waals surface area contributed by atoms with Crippen LogP contribution in [0.4, 0.5) is 0 Å². The Morgan fingerprint density at radius 1 is 0.824 bits per heavy atom. The van der Waals surface area contributed by atoms with E-state index in [1.54, 1.807) is 0 Å². The summed E-state index contributed by atoms with van der Waals surface area (Å²) in [6.07, 6.45) is 0.395. The summed E-state index contributed by atoms with van der Waals surface area (Å²) in [5.41, 5.74) is 3.72. The van der Waals surface area contributed by atoms with E-state index in [0.717, 1.165) is 5.02 Å².